The normalized spacial score (nSPS) is 13.4. The Balaban J connectivity index is 1.98. The number of amides is 1. The summed E-state index contributed by atoms with van der Waals surface area (Å²) in [6.07, 6.45) is 4.10. The van der Waals surface area contributed by atoms with Crippen molar-refractivity contribution >= 4 is 11.9 Å². The summed E-state index contributed by atoms with van der Waals surface area (Å²) in [5, 5.41) is 3.07. The van der Waals surface area contributed by atoms with Gasteiger partial charge in [-0.15, -0.1) is 0 Å². The van der Waals surface area contributed by atoms with E-state index in [1.54, 1.807) is 42.3 Å². The second kappa shape index (κ2) is 60.9. The Hall–Kier alpha value is -4.62. The first-order valence-electron chi connectivity index (χ1n) is 34.5. The van der Waals surface area contributed by atoms with E-state index in [9.17, 15) is 9.59 Å². The van der Waals surface area contributed by atoms with E-state index in [1.807, 2.05) is 0 Å². The average molecular weight is 1430 g/mol. The molecule has 1 aliphatic heterocycles. The van der Waals surface area contributed by atoms with Gasteiger partial charge in [0.25, 0.3) is 5.91 Å². The van der Waals surface area contributed by atoms with Crippen LogP contribution < -0.4 is 33.7 Å². The molecule has 0 atom stereocenters. The van der Waals surface area contributed by atoms with Gasteiger partial charge in [0.1, 0.15) is 51.8 Å². The van der Waals surface area contributed by atoms with Crippen molar-refractivity contribution in [3.63, 3.8) is 0 Å². The maximum absolute atomic E-state index is 15.0. The molecule has 1 fully saturated rings. The van der Waals surface area contributed by atoms with Crippen LogP contribution in [-0.4, -0.2) is 323 Å². The molecule has 99 heavy (non-hydrogen) atoms. The summed E-state index contributed by atoms with van der Waals surface area (Å²) in [5.41, 5.74) is -1.36. The van der Waals surface area contributed by atoms with E-state index in [-0.39, 0.29) is 138 Å². The molecule has 30 nitrogen and oxygen atoms in total. The number of carbonyl (C=O) groups is 2. The summed E-state index contributed by atoms with van der Waals surface area (Å²) in [6.45, 7) is 19.0. The van der Waals surface area contributed by atoms with Crippen LogP contribution in [0.2, 0.25) is 0 Å². The smallest absolute Gasteiger partial charge is 0.338 e. The van der Waals surface area contributed by atoms with E-state index in [0.717, 1.165) is 25.7 Å². The molecule has 0 spiro atoms. The number of unbranched alkanes of at least 4 members (excludes halogenated alkanes) is 2. The number of benzene rings is 2. The van der Waals surface area contributed by atoms with Crippen molar-refractivity contribution in [1.29, 1.82) is 0 Å². The third-order valence-electron chi connectivity index (χ3n) is 13.7. The quantitative estimate of drug-likeness (QED) is 0.0633. The standard InChI is InChI=1S/C69H119NO29/c1-9-11-13-77-23-25-83-31-37-88-42-48-94-63-54-59(53-62(93-47-41-87-35-29-81-21-17-75-7)65(63)96-50-44-90-38-32-84-26-24-78-14-12-10-2)67(72)97-55-69(56-98-68(3,4)99-57-69)70-66(71)58-51-60(91-45-39-85-33-27-79-19-15-73-5)64(95-49-43-89-36-30-82-22-18-76-8)61(52-58)92-46-40-86-34-28-80-20-16-74-6/h51-54H,9-50,55-57H2,1-8H3,(H,70,71). The molecule has 1 amide bonds. The molecule has 3 rings (SSSR count). The Morgan fingerprint density at radius 2 is 0.586 bits per heavy atom. The van der Waals surface area contributed by atoms with Crippen LogP contribution in [0, 0.1) is 0 Å². The molecule has 1 aliphatic rings. The Labute approximate surface area is 586 Å². The van der Waals surface area contributed by atoms with Crippen LogP contribution in [0.3, 0.4) is 0 Å². The minimum absolute atomic E-state index is 0.0204. The lowest BCUT2D eigenvalue weighted by atomic mass is 10.00. The summed E-state index contributed by atoms with van der Waals surface area (Å²) in [7, 11) is 6.40. The molecule has 0 aliphatic carbocycles. The van der Waals surface area contributed by atoms with E-state index >= 15 is 0 Å². The lowest BCUT2D eigenvalue weighted by Gasteiger charge is -2.43. The highest BCUT2D eigenvalue weighted by molar-refractivity contribution is 5.96. The maximum atomic E-state index is 15.0. The van der Waals surface area contributed by atoms with Gasteiger partial charge in [0.2, 0.25) is 11.5 Å². The molecule has 0 bridgehead atoms. The van der Waals surface area contributed by atoms with Gasteiger partial charge in [-0.25, -0.2) is 4.79 Å². The van der Waals surface area contributed by atoms with Gasteiger partial charge in [-0.1, -0.05) is 26.7 Å². The molecular weight excluding hydrogens is 1310 g/mol. The Bertz CT molecular complexity index is 2200. The zero-order chi connectivity index (χ0) is 71.2. The zero-order valence-corrected chi connectivity index (χ0v) is 60.5. The lowest BCUT2D eigenvalue weighted by molar-refractivity contribution is -0.273. The fourth-order valence-corrected chi connectivity index (χ4v) is 8.30. The number of methoxy groups -OCH3 is 4. The van der Waals surface area contributed by atoms with E-state index in [0.29, 0.717) is 172 Å². The van der Waals surface area contributed by atoms with Crippen molar-refractivity contribution < 1.29 is 137 Å². The molecule has 0 aromatic heterocycles. The number of hydrogen-bond donors (Lipinski definition) is 1. The highest BCUT2D eigenvalue weighted by Gasteiger charge is 2.43. The number of carbonyl (C=O) groups excluding carboxylic acids is 2. The minimum Gasteiger partial charge on any atom is -0.487 e. The summed E-state index contributed by atoms with van der Waals surface area (Å²) in [4.78, 5) is 29.6. The monoisotopic (exact) mass is 1430 g/mol. The largest absolute Gasteiger partial charge is 0.487 e. The molecule has 2 aromatic carbocycles. The number of hydrogen-bond acceptors (Lipinski definition) is 29. The van der Waals surface area contributed by atoms with Crippen LogP contribution in [0.4, 0.5) is 0 Å². The predicted molar refractivity (Wildman–Crippen MR) is 361 cm³/mol. The van der Waals surface area contributed by atoms with Crippen LogP contribution in [0.5, 0.6) is 34.5 Å². The topological polar surface area (TPSA) is 295 Å². The fourth-order valence-electron chi connectivity index (χ4n) is 8.30. The summed E-state index contributed by atoms with van der Waals surface area (Å²) >= 11 is 0. The fraction of sp³-hybridized carbons (Fsp3) is 0.797. The van der Waals surface area contributed by atoms with Crippen LogP contribution in [0.15, 0.2) is 24.3 Å². The molecule has 0 unspecified atom stereocenters. The van der Waals surface area contributed by atoms with Crippen LogP contribution >= 0.6 is 0 Å². The molecular formula is C69H119NO29. The molecule has 2 aromatic rings. The Morgan fingerprint density at radius 3 is 0.859 bits per heavy atom. The average Bonchev–Trinajstić information content (AvgIpc) is 0.806. The van der Waals surface area contributed by atoms with Crippen LogP contribution in [-0.2, 0) is 99.5 Å². The SMILES string of the molecule is CCCCOCCOCCOCCOc1cc(C(=O)OCC2(NC(=O)c3cc(OCCOCCOCCOC)c(OCCOCCOCCOC)c(OCCOCCOCCOC)c3)COC(C)(C)OC2)cc(OCCOCCOCCOC)c1OCCOCCOCCOCCCC. The van der Waals surface area contributed by atoms with Crippen molar-refractivity contribution in [2.24, 2.45) is 0 Å². The first-order valence-corrected chi connectivity index (χ1v) is 34.5. The number of esters is 1. The van der Waals surface area contributed by atoms with Crippen LogP contribution in [0.25, 0.3) is 0 Å². The van der Waals surface area contributed by atoms with Crippen LogP contribution in [0.1, 0.15) is 74.1 Å². The van der Waals surface area contributed by atoms with Gasteiger partial charge in [-0.05, 0) is 51.0 Å². The van der Waals surface area contributed by atoms with Gasteiger partial charge >= 0.3 is 5.97 Å². The number of ether oxygens (including phenoxy) is 27. The second-order valence-corrected chi connectivity index (χ2v) is 22.2. The molecule has 1 heterocycles. The van der Waals surface area contributed by atoms with Gasteiger partial charge in [-0.2, -0.15) is 0 Å². The molecule has 574 valence electrons. The molecule has 0 radical (unpaired) electrons. The highest BCUT2D eigenvalue weighted by Crippen LogP contribution is 2.41. The van der Waals surface area contributed by atoms with E-state index in [2.05, 4.69) is 19.2 Å². The summed E-state index contributed by atoms with van der Waals surface area (Å²) in [5.74, 6) is -1.52. The van der Waals surface area contributed by atoms with Crippen molar-refractivity contribution in [2.45, 2.75) is 64.7 Å². The van der Waals surface area contributed by atoms with Crippen molar-refractivity contribution in [2.75, 3.05) is 299 Å². The lowest BCUT2D eigenvalue weighted by Crippen LogP contribution is -2.63. The zero-order valence-electron chi connectivity index (χ0n) is 60.5. The summed E-state index contributed by atoms with van der Waals surface area (Å²) < 4.78 is 156. The first-order chi connectivity index (χ1) is 48.6. The number of rotatable bonds is 71. The molecule has 1 saturated heterocycles. The third-order valence-corrected chi connectivity index (χ3v) is 13.7. The summed E-state index contributed by atoms with van der Waals surface area (Å²) in [6, 6.07) is 6.01. The van der Waals surface area contributed by atoms with Crippen molar-refractivity contribution in [1.82, 2.24) is 5.32 Å². The number of nitrogens with one attached hydrogen (secondary N) is 1. The predicted octanol–water partition coefficient (Wildman–Crippen LogP) is 5.49. The van der Waals surface area contributed by atoms with Gasteiger partial charge < -0.3 is 133 Å². The second-order valence-electron chi connectivity index (χ2n) is 22.2. The highest BCUT2D eigenvalue weighted by atomic mass is 16.7. The third kappa shape index (κ3) is 44.5. The van der Waals surface area contributed by atoms with Gasteiger partial charge in [0, 0.05) is 47.2 Å². The minimum atomic E-state index is -1.47. The molecule has 30 heteroatoms. The van der Waals surface area contributed by atoms with Crippen molar-refractivity contribution in [3.05, 3.63) is 35.4 Å². The van der Waals surface area contributed by atoms with Gasteiger partial charge in [-0.3, -0.25) is 4.79 Å². The first kappa shape index (κ1) is 88.6. The van der Waals surface area contributed by atoms with Gasteiger partial charge in [0.15, 0.2) is 28.8 Å². The van der Waals surface area contributed by atoms with Crippen molar-refractivity contribution in [3.8, 4) is 34.5 Å². The Morgan fingerprint density at radius 1 is 0.343 bits per heavy atom. The van der Waals surface area contributed by atoms with E-state index < -0.39 is 29.8 Å². The molecule has 0 saturated carbocycles. The maximum Gasteiger partial charge on any atom is 0.338 e. The van der Waals surface area contributed by atoms with Gasteiger partial charge in [0.05, 0.1) is 217 Å². The van der Waals surface area contributed by atoms with E-state index in [4.69, 9.17) is 128 Å². The van der Waals surface area contributed by atoms with E-state index in [1.165, 1.54) is 24.3 Å². The Kier molecular flexibility index (Phi) is 54.5. The molecule has 1 N–H and O–H groups in total.